The molecule has 0 bridgehead atoms. The summed E-state index contributed by atoms with van der Waals surface area (Å²) in [4.78, 5) is 8.10. The summed E-state index contributed by atoms with van der Waals surface area (Å²) in [6.07, 6.45) is 0.458. The van der Waals surface area contributed by atoms with Crippen LogP contribution in [0.5, 0.6) is 11.5 Å². The number of primary sulfonamides is 1. The minimum atomic E-state index is -3.45. The third-order valence-corrected chi connectivity index (χ3v) is 6.05. The number of imidazole rings is 1. The predicted molar refractivity (Wildman–Crippen MR) is 116 cm³/mol. The van der Waals surface area contributed by atoms with E-state index in [1.165, 1.54) is 11.8 Å². The highest BCUT2D eigenvalue weighted by atomic mass is 32.2. The molecule has 0 saturated carbocycles. The molecule has 3 rings (SSSR count). The van der Waals surface area contributed by atoms with Gasteiger partial charge < -0.3 is 14.5 Å². The van der Waals surface area contributed by atoms with E-state index in [4.69, 9.17) is 19.6 Å². The number of nitrogens with two attached hydrogens (primary N) is 1. The van der Waals surface area contributed by atoms with E-state index < -0.39 is 10.0 Å². The molecule has 0 spiro atoms. The molecule has 29 heavy (non-hydrogen) atoms. The number of nitrogens with zero attached hydrogens (tertiary/aromatic N) is 1. The number of ether oxygens (including phenoxy) is 2. The van der Waals surface area contributed by atoms with Crippen LogP contribution in [0.4, 0.5) is 0 Å². The van der Waals surface area contributed by atoms with Gasteiger partial charge in [0.25, 0.3) is 0 Å². The van der Waals surface area contributed by atoms with Crippen molar-refractivity contribution in [3.8, 4) is 34.0 Å². The molecule has 0 aliphatic rings. The Morgan fingerprint density at radius 3 is 2.03 bits per heavy atom. The summed E-state index contributed by atoms with van der Waals surface area (Å²) in [5.74, 6) is 2.09. The smallest absolute Gasteiger partial charge is 0.209 e. The van der Waals surface area contributed by atoms with E-state index in [2.05, 4.69) is 4.98 Å². The topological polar surface area (TPSA) is 107 Å². The molecule has 3 N–H and O–H groups in total. The van der Waals surface area contributed by atoms with E-state index in [-0.39, 0.29) is 5.75 Å². The van der Waals surface area contributed by atoms with E-state index in [9.17, 15) is 8.42 Å². The lowest BCUT2D eigenvalue weighted by atomic mass is 10.0. The quantitative estimate of drug-likeness (QED) is 0.395. The molecular weight excluding hydrogens is 410 g/mol. The molecule has 0 aliphatic heterocycles. The lowest BCUT2D eigenvalue weighted by Gasteiger charge is -2.06. The number of aromatic nitrogens is 2. The average Bonchev–Trinajstić information content (AvgIpc) is 3.15. The Labute approximate surface area is 174 Å². The molecule has 0 atom stereocenters. The first-order valence-electron chi connectivity index (χ1n) is 8.92. The fourth-order valence-electron chi connectivity index (χ4n) is 2.77. The van der Waals surface area contributed by atoms with Crippen LogP contribution in [0.15, 0.2) is 53.7 Å². The van der Waals surface area contributed by atoms with Crippen LogP contribution in [-0.4, -0.2) is 44.1 Å². The number of methoxy groups -OCH3 is 2. The minimum Gasteiger partial charge on any atom is -0.497 e. The van der Waals surface area contributed by atoms with Gasteiger partial charge in [-0.15, -0.1) is 0 Å². The van der Waals surface area contributed by atoms with Crippen LogP contribution in [-0.2, 0) is 10.0 Å². The van der Waals surface area contributed by atoms with Gasteiger partial charge in [-0.25, -0.2) is 18.5 Å². The fraction of sp³-hybridized carbons (Fsp3) is 0.250. The summed E-state index contributed by atoms with van der Waals surface area (Å²) >= 11 is 1.46. The van der Waals surface area contributed by atoms with Crippen LogP contribution in [0.3, 0.4) is 0 Å². The van der Waals surface area contributed by atoms with Gasteiger partial charge in [0.05, 0.1) is 31.4 Å². The maximum absolute atomic E-state index is 11.1. The molecule has 0 aliphatic carbocycles. The highest BCUT2D eigenvalue weighted by Gasteiger charge is 2.15. The molecule has 1 heterocycles. The Morgan fingerprint density at radius 2 is 1.52 bits per heavy atom. The summed E-state index contributed by atoms with van der Waals surface area (Å²) in [6.45, 7) is 0. The lowest BCUT2D eigenvalue weighted by molar-refractivity contribution is 0.414. The van der Waals surface area contributed by atoms with E-state index in [1.807, 2.05) is 48.5 Å². The van der Waals surface area contributed by atoms with Crippen molar-refractivity contribution in [3.05, 3.63) is 48.5 Å². The highest BCUT2D eigenvalue weighted by Crippen LogP contribution is 2.34. The molecule has 0 amide bonds. The van der Waals surface area contributed by atoms with Gasteiger partial charge in [0.1, 0.15) is 11.5 Å². The first-order chi connectivity index (χ1) is 13.9. The van der Waals surface area contributed by atoms with Gasteiger partial charge in [-0.05, 0) is 55.0 Å². The van der Waals surface area contributed by atoms with E-state index in [0.29, 0.717) is 12.2 Å². The summed E-state index contributed by atoms with van der Waals surface area (Å²) in [5.41, 5.74) is 3.61. The number of nitrogens with one attached hydrogen (secondary N) is 1. The number of hydrogen-bond donors (Lipinski definition) is 2. The predicted octanol–water partition coefficient (Wildman–Crippen LogP) is 3.53. The first-order valence-corrected chi connectivity index (χ1v) is 11.6. The molecule has 154 valence electrons. The van der Waals surface area contributed by atoms with Crippen LogP contribution >= 0.6 is 11.8 Å². The second kappa shape index (κ2) is 9.34. The van der Waals surface area contributed by atoms with Crippen molar-refractivity contribution in [1.82, 2.24) is 9.97 Å². The van der Waals surface area contributed by atoms with Crippen molar-refractivity contribution in [1.29, 1.82) is 0 Å². The number of thioether (sulfide) groups is 1. The van der Waals surface area contributed by atoms with Gasteiger partial charge in [-0.2, -0.15) is 0 Å². The summed E-state index contributed by atoms with van der Waals surface area (Å²) in [6, 6.07) is 15.4. The van der Waals surface area contributed by atoms with Gasteiger partial charge >= 0.3 is 0 Å². The van der Waals surface area contributed by atoms with Gasteiger partial charge in [0.15, 0.2) is 5.16 Å². The van der Waals surface area contributed by atoms with E-state index in [0.717, 1.165) is 39.2 Å². The van der Waals surface area contributed by atoms with Gasteiger partial charge in [0, 0.05) is 16.9 Å². The molecule has 9 heteroatoms. The van der Waals surface area contributed by atoms with Gasteiger partial charge in [0.2, 0.25) is 10.0 Å². The highest BCUT2D eigenvalue weighted by molar-refractivity contribution is 7.99. The number of rotatable bonds is 9. The normalized spacial score (nSPS) is 11.4. The average molecular weight is 434 g/mol. The Hall–Kier alpha value is -2.49. The monoisotopic (exact) mass is 433 g/mol. The zero-order valence-electron chi connectivity index (χ0n) is 16.2. The van der Waals surface area contributed by atoms with Crippen molar-refractivity contribution >= 4 is 21.8 Å². The number of hydrogen-bond acceptors (Lipinski definition) is 6. The third-order valence-electron chi connectivity index (χ3n) is 4.24. The van der Waals surface area contributed by atoms with E-state index >= 15 is 0 Å². The number of H-pyrrole nitrogens is 1. The molecule has 1 aromatic heterocycles. The largest absolute Gasteiger partial charge is 0.497 e. The Bertz CT molecular complexity index is 981. The first kappa shape index (κ1) is 21.2. The van der Waals surface area contributed by atoms with Crippen LogP contribution < -0.4 is 14.6 Å². The number of aromatic amines is 1. The van der Waals surface area contributed by atoms with Crippen LogP contribution in [0.2, 0.25) is 0 Å². The second-order valence-electron chi connectivity index (χ2n) is 6.29. The van der Waals surface area contributed by atoms with Crippen molar-refractivity contribution in [2.24, 2.45) is 5.14 Å². The molecule has 0 fully saturated rings. The molecular formula is C20H23N3O4S2. The molecule has 0 saturated heterocycles. The third kappa shape index (κ3) is 5.75. The zero-order chi connectivity index (χ0) is 20.9. The maximum atomic E-state index is 11.1. The Balaban J connectivity index is 1.89. The molecule has 2 aromatic carbocycles. The fourth-order valence-corrected chi connectivity index (χ4v) is 4.31. The van der Waals surface area contributed by atoms with E-state index in [1.54, 1.807) is 14.2 Å². The lowest BCUT2D eigenvalue weighted by Crippen LogP contribution is -2.16. The molecule has 0 radical (unpaired) electrons. The zero-order valence-corrected chi connectivity index (χ0v) is 17.8. The molecule has 0 unspecified atom stereocenters. The second-order valence-corrected chi connectivity index (χ2v) is 9.11. The number of benzene rings is 2. The minimum absolute atomic E-state index is 0.0443. The van der Waals surface area contributed by atoms with Crippen molar-refractivity contribution in [3.63, 3.8) is 0 Å². The van der Waals surface area contributed by atoms with Crippen LogP contribution in [0.25, 0.3) is 22.5 Å². The molecule has 3 aromatic rings. The summed E-state index contributed by atoms with van der Waals surface area (Å²) in [7, 11) is -0.192. The van der Waals surface area contributed by atoms with Crippen molar-refractivity contribution in [2.45, 2.75) is 11.6 Å². The summed E-state index contributed by atoms with van der Waals surface area (Å²) in [5, 5.41) is 5.78. The SMILES string of the molecule is COc1ccc(-c2nc(SCCCS(N)(=O)=O)[nH]c2-c2ccc(OC)cc2)cc1. The summed E-state index contributed by atoms with van der Waals surface area (Å²) < 4.78 is 32.7. The van der Waals surface area contributed by atoms with Crippen LogP contribution in [0, 0.1) is 0 Å². The van der Waals surface area contributed by atoms with Crippen LogP contribution in [0.1, 0.15) is 6.42 Å². The standard InChI is InChI=1S/C20H23N3O4S2/c1-26-16-8-4-14(5-9-16)18-19(15-6-10-17(27-2)11-7-15)23-20(22-18)28-12-3-13-29(21,24)25/h4-11H,3,12-13H2,1-2H3,(H,22,23)(H2,21,24,25). The van der Waals surface area contributed by atoms with Gasteiger partial charge in [-0.3, -0.25) is 0 Å². The van der Waals surface area contributed by atoms with Crippen molar-refractivity contribution in [2.75, 3.05) is 25.7 Å². The Morgan fingerprint density at radius 1 is 0.966 bits per heavy atom. The number of sulfonamides is 1. The maximum Gasteiger partial charge on any atom is 0.209 e. The Kier molecular flexibility index (Phi) is 6.83. The van der Waals surface area contributed by atoms with Gasteiger partial charge in [-0.1, -0.05) is 11.8 Å². The molecule has 7 nitrogen and oxygen atoms in total. The van der Waals surface area contributed by atoms with Crippen molar-refractivity contribution < 1.29 is 17.9 Å².